The van der Waals surface area contributed by atoms with Crippen molar-refractivity contribution >= 4 is 33.2 Å². The van der Waals surface area contributed by atoms with Gasteiger partial charge in [-0.25, -0.2) is 8.42 Å². The quantitative estimate of drug-likeness (QED) is 0.262. The van der Waals surface area contributed by atoms with Crippen LogP contribution < -0.4 is 14.4 Å². The second-order valence-corrected chi connectivity index (χ2v) is 11.1. The van der Waals surface area contributed by atoms with Crippen LogP contribution in [0.1, 0.15) is 16.7 Å². The second kappa shape index (κ2) is 13.1. The first-order valence-corrected chi connectivity index (χ1v) is 14.2. The van der Waals surface area contributed by atoms with Crippen LogP contribution in [-0.4, -0.2) is 63.1 Å². The number of non-ortho nitro benzene ring substituents is 1. The van der Waals surface area contributed by atoms with E-state index in [2.05, 4.69) is 5.32 Å². The maximum Gasteiger partial charge on any atom is 0.271 e. The fraction of sp³-hybridized carbons (Fsp3) is 0.286. The van der Waals surface area contributed by atoms with E-state index < -0.39 is 39.3 Å². The van der Waals surface area contributed by atoms with Gasteiger partial charge >= 0.3 is 0 Å². The summed E-state index contributed by atoms with van der Waals surface area (Å²) in [5, 5.41) is 14.0. The van der Waals surface area contributed by atoms with E-state index in [0.717, 1.165) is 33.3 Å². The highest BCUT2D eigenvalue weighted by Gasteiger charge is 2.34. The molecule has 1 N–H and O–H groups in total. The highest BCUT2D eigenvalue weighted by molar-refractivity contribution is 7.92. The van der Waals surface area contributed by atoms with Gasteiger partial charge in [0.2, 0.25) is 21.8 Å². The normalized spacial score (nSPS) is 11.8. The lowest BCUT2D eigenvalue weighted by Gasteiger charge is -2.33. The summed E-state index contributed by atoms with van der Waals surface area (Å²) >= 11 is 0. The number of sulfonamides is 1. The average Bonchev–Trinajstić information content (AvgIpc) is 2.92. The Morgan fingerprint density at radius 2 is 1.70 bits per heavy atom. The van der Waals surface area contributed by atoms with Gasteiger partial charge in [-0.3, -0.25) is 24.0 Å². The molecule has 12 heteroatoms. The van der Waals surface area contributed by atoms with Crippen LogP contribution in [0.4, 0.5) is 11.4 Å². The van der Waals surface area contributed by atoms with Crippen molar-refractivity contribution in [1.29, 1.82) is 0 Å². The van der Waals surface area contributed by atoms with E-state index in [-0.39, 0.29) is 30.1 Å². The van der Waals surface area contributed by atoms with Crippen LogP contribution in [0.5, 0.6) is 5.75 Å². The van der Waals surface area contributed by atoms with Crippen molar-refractivity contribution in [2.24, 2.45) is 0 Å². The standard InChI is InChI=1S/C28H32N4O7S/c1-20-9-8-12-22(15-20)18-30(25(28(34)29-2)16-21-10-6-5-7-11-21)27(33)19-31(40(4,37)38)24-17-23(32(35)36)13-14-26(24)39-3/h5-15,17,25H,16,18-19H2,1-4H3,(H,29,34)/t25-/m0/s1. The van der Waals surface area contributed by atoms with E-state index in [0.29, 0.717) is 0 Å². The van der Waals surface area contributed by atoms with Gasteiger partial charge in [-0.1, -0.05) is 60.2 Å². The van der Waals surface area contributed by atoms with Crippen molar-refractivity contribution in [3.05, 3.63) is 99.6 Å². The molecular weight excluding hydrogens is 536 g/mol. The number of carbonyl (C=O) groups is 2. The first kappa shape index (κ1) is 30.1. The minimum atomic E-state index is -4.13. The van der Waals surface area contributed by atoms with Gasteiger partial charge in [0, 0.05) is 32.1 Å². The monoisotopic (exact) mass is 568 g/mol. The highest BCUT2D eigenvalue weighted by Crippen LogP contribution is 2.34. The zero-order valence-electron chi connectivity index (χ0n) is 22.7. The largest absolute Gasteiger partial charge is 0.495 e. The molecule has 40 heavy (non-hydrogen) atoms. The molecule has 0 aliphatic rings. The summed E-state index contributed by atoms with van der Waals surface area (Å²) < 4.78 is 31.9. The lowest BCUT2D eigenvalue weighted by atomic mass is 10.0. The summed E-state index contributed by atoms with van der Waals surface area (Å²) in [6.07, 6.45) is 1.07. The Kier molecular flexibility index (Phi) is 9.83. The first-order chi connectivity index (χ1) is 18.9. The van der Waals surface area contributed by atoms with E-state index >= 15 is 0 Å². The fourth-order valence-corrected chi connectivity index (χ4v) is 5.15. The van der Waals surface area contributed by atoms with Crippen molar-refractivity contribution in [1.82, 2.24) is 10.2 Å². The summed E-state index contributed by atoms with van der Waals surface area (Å²) in [5.74, 6) is -1.07. The number of nitrogens with zero attached hydrogens (tertiary/aromatic N) is 3. The molecule has 3 rings (SSSR count). The van der Waals surface area contributed by atoms with Gasteiger partial charge in [0.1, 0.15) is 24.0 Å². The molecule has 0 saturated carbocycles. The minimum absolute atomic E-state index is 0.0229. The number of ether oxygens (including phenoxy) is 1. The van der Waals surface area contributed by atoms with Crippen LogP contribution in [0.3, 0.4) is 0 Å². The maximum atomic E-state index is 14.0. The summed E-state index contributed by atoms with van der Waals surface area (Å²) in [5.41, 5.74) is 1.96. The predicted octanol–water partition coefficient (Wildman–Crippen LogP) is 3.06. The predicted molar refractivity (Wildman–Crippen MR) is 152 cm³/mol. The Morgan fingerprint density at radius 3 is 2.27 bits per heavy atom. The first-order valence-electron chi connectivity index (χ1n) is 12.3. The third-order valence-corrected chi connectivity index (χ3v) is 7.40. The van der Waals surface area contributed by atoms with Crippen LogP contribution in [0, 0.1) is 17.0 Å². The minimum Gasteiger partial charge on any atom is -0.495 e. The molecule has 0 aliphatic heterocycles. The van der Waals surface area contributed by atoms with E-state index in [1.165, 1.54) is 31.2 Å². The number of hydrogen-bond donors (Lipinski definition) is 1. The SMILES string of the molecule is CNC(=O)[C@H](Cc1ccccc1)N(Cc1cccc(C)c1)C(=O)CN(c1cc([N+](=O)[O-])ccc1OC)S(C)(=O)=O. The third kappa shape index (κ3) is 7.56. The highest BCUT2D eigenvalue weighted by atomic mass is 32.2. The molecule has 0 unspecified atom stereocenters. The number of carbonyl (C=O) groups excluding carboxylic acids is 2. The number of amides is 2. The van der Waals surface area contributed by atoms with Crippen molar-refractivity contribution in [2.45, 2.75) is 25.9 Å². The average molecular weight is 569 g/mol. The number of aryl methyl sites for hydroxylation is 1. The van der Waals surface area contributed by atoms with Gasteiger partial charge in [0.05, 0.1) is 18.3 Å². The second-order valence-electron chi connectivity index (χ2n) is 9.21. The van der Waals surface area contributed by atoms with E-state index in [1.54, 1.807) is 0 Å². The Labute approximate surface area is 233 Å². The van der Waals surface area contributed by atoms with Crippen LogP contribution in [0.2, 0.25) is 0 Å². The summed E-state index contributed by atoms with van der Waals surface area (Å²) in [6.45, 7) is 1.20. The zero-order chi connectivity index (χ0) is 29.4. The van der Waals surface area contributed by atoms with Gasteiger partial charge in [-0.2, -0.15) is 0 Å². The Bertz CT molecular complexity index is 1480. The van der Waals surface area contributed by atoms with Crippen LogP contribution >= 0.6 is 0 Å². The number of nitro groups is 1. The Hall–Kier alpha value is -4.45. The van der Waals surface area contributed by atoms with Crippen molar-refractivity contribution in [2.75, 3.05) is 31.3 Å². The topological polar surface area (TPSA) is 139 Å². The molecule has 0 heterocycles. The number of hydrogen-bond acceptors (Lipinski definition) is 7. The third-order valence-electron chi connectivity index (χ3n) is 6.27. The molecule has 212 valence electrons. The molecule has 0 bridgehead atoms. The van der Waals surface area contributed by atoms with Crippen LogP contribution in [-0.2, 0) is 32.6 Å². The molecule has 3 aromatic carbocycles. The van der Waals surface area contributed by atoms with Crippen molar-refractivity contribution < 1.29 is 27.7 Å². The smallest absolute Gasteiger partial charge is 0.271 e. The molecule has 11 nitrogen and oxygen atoms in total. The number of anilines is 1. The molecule has 0 aromatic heterocycles. The van der Waals surface area contributed by atoms with Crippen LogP contribution in [0.15, 0.2) is 72.8 Å². The molecule has 1 atom stereocenters. The molecule has 2 amide bonds. The molecule has 0 aliphatic carbocycles. The number of benzene rings is 3. The van der Waals surface area contributed by atoms with E-state index in [1.807, 2.05) is 61.5 Å². The van der Waals surface area contributed by atoms with Crippen molar-refractivity contribution in [3.8, 4) is 5.75 Å². The Balaban J connectivity index is 2.10. The maximum absolute atomic E-state index is 14.0. The van der Waals surface area contributed by atoms with Crippen LogP contribution in [0.25, 0.3) is 0 Å². The zero-order valence-corrected chi connectivity index (χ0v) is 23.6. The Morgan fingerprint density at radius 1 is 1.02 bits per heavy atom. The number of nitro benzene ring substituents is 1. The van der Waals surface area contributed by atoms with Gasteiger partial charge in [0.25, 0.3) is 5.69 Å². The number of likely N-dealkylation sites (N-methyl/N-ethyl adjacent to an activating group) is 1. The van der Waals surface area contributed by atoms with E-state index in [4.69, 9.17) is 4.74 Å². The lowest BCUT2D eigenvalue weighted by molar-refractivity contribution is -0.384. The van der Waals surface area contributed by atoms with Gasteiger partial charge in [-0.15, -0.1) is 0 Å². The molecule has 0 radical (unpaired) electrons. The fourth-order valence-electron chi connectivity index (χ4n) is 4.31. The number of methoxy groups -OCH3 is 1. The molecule has 3 aromatic rings. The summed E-state index contributed by atoms with van der Waals surface area (Å²) in [6, 6.07) is 19.1. The number of nitrogens with one attached hydrogen (secondary N) is 1. The lowest BCUT2D eigenvalue weighted by Crippen LogP contribution is -2.52. The molecular formula is C28H32N4O7S. The van der Waals surface area contributed by atoms with Gasteiger partial charge in [-0.05, 0) is 24.1 Å². The molecule has 0 spiro atoms. The molecule has 0 saturated heterocycles. The number of rotatable bonds is 12. The summed E-state index contributed by atoms with van der Waals surface area (Å²) in [7, 11) is -1.37. The van der Waals surface area contributed by atoms with E-state index in [9.17, 15) is 28.1 Å². The van der Waals surface area contributed by atoms with Gasteiger partial charge in [0.15, 0.2) is 0 Å². The summed E-state index contributed by atoms with van der Waals surface area (Å²) in [4.78, 5) is 39.3. The molecule has 0 fully saturated rings. The van der Waals surface area contributed by atoms with Gasteiger partial charge < -0.3 is 15.0 Å². The van der Waals surface area contributed by atoms with Crippen molar-refractivity contribution in [3.63, 3.8) is 0 Å².